The van der Waals surface area contributed by atoms with Gasteiger partial charge in [0.05, 0.1) is 6.61 Å². The number of anilines is 2. The summed E-state index contributed by atoms with van der Waals surface area (Å²) in [5.74, 6) is 0.811. The van der Waals surface area contributed by atoms with Crippen LogP contribution in [-0.2, 0) is 4.79 Å². The van der Waals surface area contributed by atoms with Gasteiger partial charge in [0.15, 0.2) is 5.11 Å². The molecule has 0 heterocycles. The van der Waals surface area contributed by atoms with Crippen LogP contribution in [0, 0.1) is 19.3 Å². The fourth-order valence-corrected chi connectivity index (χ4v) is 3.66. The number of rotatable bonds is 10. The molecule has 6 heteroatoms. The number of ether oxygens (including phenoxy) is 1. The lowest BCUT2D eigenvalue weighted by Gasteiger charge is -2.24. The molecule has 174 valence electrons. The molecule has 2 aromatic rings. The number of amides is 1. The van der Waals surface area contributed by atoms with Crippen LogP contribution in [0.1, 0.15) is 51.7 Å². The van der Waals surface area contributed by atoms with Crippen molar-refractivity contribution in [1.82, 2.24) is 5.32 Å². The number of nitrogens with one attached hydrogen (secondary N) is 2. The van der Waals surface area contributed by atoms with Crippen LogP contribution in [0.3, 0.4) is 0 Å². The molecule has 0 spiro atoms. The highest BCUT2D eigenvalue weighted by Gasteiger charge is 2.27. The van der Waals surface area contributed by atoms with E-state index in [9.17, 15) is 4.79 Å². The van der Waals surface area contributed by atoms with Crippen LogP contribution in [0.5, 0.6) is 5.75 Å². The van der Waals surface area contributed by atoms with Gasteiger partial charge >= 0.3 is 0 Å². The Balaban J connectivity index is 1.81. The Labute approximate surface area is 198 Å². The minimum absolute atomic E-state index is 0.0958. The van der Waals surface area contributed by atoms with Crippen molar-refractivity contribution in [3.63, 3.8) is 0 Å². The highest BCUT2D eigenvalue weighted by molar-refractivity contribution is 7.80. The molecule has 1 amide bonds. The maximum atomic E-state index is 12.8. The molecule has 0 radical (unpaired) electrons. The van der Waals surface area contributed by atoms with Crippen LogP contribution in [0.25, 0.3) is 0 Å². The van der Waals surface area contributed by atoms with Crippen molar-refractivity contribution in [2.75, 3.05) is 29.9 Å². The van der Waals surface area contributed by atoms with Gasteiger partial charge in [0.1, 0.15) is 5.75 Å². The lowest BCUT2D eigenvalue weighted by molar-refractivity contribution is -0.128. The summed E-state index contributed by atoms with van der Waals surface area (Å²) in [5.41, 5.74) is 3.76. The van der Waals surface area contributed by atoms with Gasteiger partial charge in [-0.05, 0) is 94.2 Å². The molecule has 0 aliphatic heterocycles. The predicted molar refractivity (Wildman–Crippen MR) is 139 cm³/mol. The van der Waals surface area contributed by atoms with E-state index in [-0.39, 0.29) is 5.91 Å². The normalized spacial score (nSPS) is 11.1. The molecular formula is C26H37N3O2S. The van der Waals surface area contributed by atoms with E-state index in [1.165, 1.54) is 11.3 Å². The summed E-state index contributed by atoms with van der Waals surface area (Å²) in [6.07, 6.45) is 1.48. The molecule has 0 saturated carbocycles. The second-order valence-electron chi connectivity index (χ2n) is 8.73. The molecule has 2 aromatic carbocycles. The van der Waals surface area contributed by atoms with Crippen LogP contribution in [-0.4, -0.2) is 30.7 Å². The zero-order valence-corrected chi connectivity index (χ0v) is 21.1. The summed E-state index contributed by atoms with van der Waals surface area (Å²) < 4.78 is 5.92. The van der Waals surface area contributed by atoms with E-state index in [0.29, 0.717) is 18.1 Å². The zero-order valence-electron chi connectivity index (χ0n) is 20.2. The molecule has 32 heavy (non-hydrogen) atoms. The van der Waals surface area contributed by atoms with E-state index >= 15 is 0 Å². The van der Waals surface area contributed by atoms with Crippen molar-refractivity contribution in [2.45, 2.75) is 54.4 Å². The molecule has 0 aromatic heterocycles. The van der Waals surface area contributed by atoms with E-state index in [0.717, 1.165) is 36.5 Å². The third-order valence-corrected chi connectivity index (χ3v) is 5.85. The zero-order chi connectivity index (χ0) is 23.7. The molecule has 2 rings (SSSR count). The second kappa shape index (κ2) is 11.9. The van der Waals surface area contributed by atoms with Crippen molar-refractivity contribution in [2.24, 2.45) is 5.41 Å². The molecule has 0 bridgehead atoms. The van der Waals surface area contributed by atoms with E-state index in [4.69, 9.17) is 17.0 Å². The van der Waals surface area contributed by atoms with Crippen LogP contribution in [0.4, 0.5) is 11.4 Å². The quantitative estimate of drug-likeness (QED) is 0.348. The second-order valence-corrected chi connectivity index (χ2v) is 9.14. The number of thiocarbonyl (C=S) groups is 1. The van der Waals surface area contributed by atoms with Crippen LogP contribution in [0.2, 0.25) is 0 Å². The highest BCUT2D eigenvalue weighted by atomic mass is 32.1. The van der Waals surface area contributed by atoms with Crippen molar-refractivity contribution >= 4 is 34.6 Å². The average Bonchev–Trinajstić information content (AvgIpc) is 2.75. The van der Waals surface area contributed by atoms with E-state index in [1.54, 1.807) is 0 Å². The smallest absolute Gasteiger partial charge is 0.231 e. The first-order valence-electron chi connectivity index (χ1n) is 11.3. The van der Waals surface area contributed by atoms with Gasteiger partial charge in [-0.3, -0.25) is 4.79 Å². The molecule has 0 atom stereocenters. The first-order chi connectivity index (χ1) is 15.2. The number of carbonyl (C=O) groups is 1. The van der Waals surface area contributed by atoms with Gasteiger partial charge in [-0.2, -0.15) is 0 Å². The van der Waals surface area contributed by atoms with E-state index in [1.807, 2.05) is 39.0 Å². The van der Waals surface area contributed by atoms with Gasteiger partial charge in [0.2, 0.25) is 5.91 Å². The Morgan fingerprint density at radius 1 is 1.06 bits per heavy atom. The summed E-state index contributed by atoms with van der Waals surface area (Å²) in [4.78, 5) is 15.0. The molecule has 0 aliphatic rings. The first kappa shape index (κ1) is 25.7. The van der Waals surface area contributed by atoms with Crippen molar-refractivity contribution in [3.8, 4) is 5.75 Å². The third-order valence-electron chi connectivity index (χ3n) is 5.64. The van der Waals surface area contributed by atoms with Crippen molar-refractivity contribution < 1.29 is 9.53 Å². The number of carbonyl (C=O) groups excluding carboxylic acids is 1. The predicted octanol–water partition coefficient (Wildman–Crippen LogP) is 5.85. The number of hydrogen-bond acceptors (Lipinski definition) is 4. The molecule has 0 saturated heterocycles. The number of aryl methyl sites for hydroxylation is 2. The van der Waals surface area contributed by atoms with Gasteiger partial charge in [0, 0.05) is 29.9 Å². The summed E-state index contributed by atoms with van der Waals surface area (Å²) in [6.45, 7) is 14.7. The SMILES string of the molecule is CCN(CC)c1ccc(NC(=S)NC(=O)C(C)(C)CCCOc2cc(C)ccc2C)cc1. The Bertz CT molecular complexity index is 906. The molecule has 0 unspecified atom stereocenters. The fraction of sp³-hybridized carbons (Fsp3) is 0.462. The monoisotopic (exact) mass is 455 g/mol. The van der Waals surface area contributed by atoms with Crippen LogP contribution < -0.4 is 20.3 Å². The van der Waals surface area contributed by atoms with E-state index < -0.39 is 5.41 Å². The van der Waals surface area contributed by atoms with Crippen molar-refractivity contribution in [3.05, 3.63) is 53.6 Å². The standard InChI is InChI=1S/C26H37N3O2S/c1-7-29(8-2)22-14-12-21(13-15-22)27-25(32)28-24(30)26(5,6)16-9-17-31-23-18-19(3)10-11-20(23)4/h10-15,18H,7-9,16-17H2,1-6H3,(H2,27,28,30,32). The van der Waals surface area contributed by atoms with Gasteiger partial charge < -0.3 is 20.3 Å². The summed E-state index contributed by atoms with van der Waals surface area (Å²) >= 11 is 5.36. The fourth-order valence-electron chi connectivity index (χ4n) is 3.45. The maximum absolute atomic E-state index is 12.8. The summed E-state index contributed by atoms with van der Waals surface area (Å²) in [7, 11) is 0. The molecule has 5 nitrogen and oxygen atoms in total. The number of hydrogen-bond donors (Lipinski definition) is 2. The molecule has 2 N–H and O–H groups in total. The van der Waals surface area contributed by atoms with Gasteiger partial charge in [-0.15, -0.1) is 0 Å². The lowest BCUT2D eigenvalue weighted by Crippen LogP contribution is -2.42. The number of benzene rings is 2. The Kier molecular flexibility index (Phi) is 9.51. The summed E-state index contributed by atoms with van der Waals surface area (Å²) in [6, 6.07) is 14.2. The van der Waals surface area contributed by atoms with Gasteiger partial charge in [0.25, 0.3) is 0 Å². The first-order valence-corrected chi connectivity index (χ1v) is 11.7. The van der Waals surface area contributed by atoms with Crippen LogP contribution in [0.15, 0.2) is 42.5 Å². The van der Waals surface area contributed by atoms with Crippen molar-refractivity contribution in [1.29, 1.82) is 0 Å². The molecular weight excluding hydrogens is 418 g/mol. The summed E-state index contributed by atoms with van der Waals surface area (Å²) in [5, 5.41) is 6.25. The Morgan fingerprint density at radius 3 is 2.34 bits per heavy atom. The maximum Gasteiger partial charge on any atom is 0.231 e. The molecule has 0 aliphatic carbocycles. The minimum atomic E-state index is -0.552. The molecule has 0 fully saturated rings. The minimum Gasteiger partial charge on any atom is -0.493 e. The van der Waals surface area contributed by atoms with E-state index in [2.05, 4.69) is 60.6 Å². The van der Waals surface area contributed by atoms with Crippen LogP contribution >= 0.6 is 12.2 Å². The topological polar surface area (TPSA) is 53.6 Å². The number of nitrogens with zero attached hydrogens (tertiary/aromatic N) is 1. The largest absolute Gasteiger partial charge is 0.493 e. The van der Waals surface area contributed by atoms with Gasteiger partial charge in [-0.1, -0.05) is 26.0 Å². The highest BCUT2D eigenvalue weighted by Crippen LogP contribution is 2.24. The average molecular weight is 456 g/mol. The third kappa shape index (κ3) is 7.52. The lowest BCUT2D eigenvalue weighted by atomic mass is 9.87. The Morgan fingerprint density at radius 2 is 1.72 bits per heavy atom. The Hall–Kier alpha value is -2.60. The van der Waals surface area contributed by atoms with Gasteiger partial charge in [-0.25, -0.2) is 0 Å².